The van der Waals surface area contributed by atoms with Gasteiger partial charge in [-0.25, -0.2) is 0 Å². The summed E-state index contributed by atoms with van der Waals surface area (Å²) in [6.07, 6.45) is 0.845. The maximum absolute atomic E-state index is 14.2. The van der Waals surface area contributed by atoms with Crippen molar-refractivity contribution in [2.75, 3.05) is 39.8 Å². The molecule has 420 valence electrons. The molecule has 10 amide bonds. The summed E-state index contributed by atoms with van der Waals surface area (Å²) in [6.45, 7) is 15.1. The number of likely N-dealkylation sites (N-methyl/N-ethyl adjacent to an activating group) is 2. The van der Waals surface area contributed by atoms with Gasteiger partial charge in [0, 0.05) is 40.0 Å². The molecule has 1 aliphatic heterocycles. The van der Waals surface area contributed by atoms with Crippen molar-refractivity contribution in [1.29, 1.82) is 0 Å². The highest BCUT2D eigenvalue weighted by molar-refractivity contribution is 5.98. The first-order valence-electron chi connectivity index (χ1n) is 26.0. The molecule has 75 heavy (non-hydrogen) atoms. The topological polar surface area (TPSA) is 358 Å². The van der Waals surface area contributed by atoms with Crippen molar-refractivity contribution in [3.8, 4) is 0 Å². The molecule has 0 aliphatic carbocycles. The van der Waals surface area contributed by atoms with Crippen LogP contribution in [0, 0.1) is 18.8 Å². The number of aryl methyl sites for hydroxylation is 1. The van der Waals surface area contributed by atoms with E-state index < -0.39 is 108 Å². The summed E-state index contributed by atoms with van der Waals surface area (Å²) in [5, 5.41) is 32.2. The average molecular weight is 1060 g/mol. The molecule has 2 rings (SSSR count). The van der Waals surface area contributed by atoms with Gasteiger partial charge in [-0.05, 0) is 76.7 Å². The van der Waals surface area contributed by atoms with Gasteiger partial charge in [-0.1, -0.05) is 77.3 Å². The van der Waals surface area contributed by atoms with E-state index in [1.807, 2.05) is 26.0 Å². The van der Waals surface area contributed by atoms with E-state index in [1.54, 1.807) is 46.8 Å². The second-order valence-corrected chi connectivity index (χ2v) is 19.7. The fraction of sp³-hybridized carbons (Fsp3) is 0.667. The van der Waals surface area contributed by atoms with Crippen LogP contribution in [-0.4, -0.2) is 168 Å². The van der Waals surface area contributed by atoms with Crippen LogP contribution in [0.4, 0.5) is 0 Å². The van der Waals surface area contributed by atoms with Gasteiger partial charge in [-0.3, -0.25) is 52.9 Å². The van der Waals surface area contributed by atoms with Gasteiger partial charge in [0.15, 0.2) is 5.96 Å². The molecule has 0 radical (unpaired) electrons. The Balaban J connectivity index is 2.35. The lowest BCUT2D eigenvalue weighted by atomic mass is 9.96. The minimum Gasteiger partial charge on any atom is -0.391 e. The van der Waals surface area contributed by atoms with Gasteiger partial charge in [-0.2, -0.15) is 0 Å². The zero-order chi connectivity index (χ0) is 56.5. The second kappa shape index (κ2) is 32.5. The van der Waals surface area contributed by atoms with Gasteiger partial charge >= 0.3 is 0 Å². The highest BCUT2D eigenvalue weighted by atomic mass is 16.3. The van der Waals surface area contributed by atoms with Crippen LogP contribution in [-0.2, 0) is 54.4 Å². The predicted octanol–water partition coefficient (Wildman–Crippen LogP) is -1.51. The lowest BCUT2D eigenvalue weighted by molar-refractivity contribution is -0.142. The van der Waals surface area contributed by atoms with Crippen LogP contribution in [0.1, 0.15) is 118 Å². The smallest absolute Gasteiger partial charge is 0.245 e. The molecule has 1 aromatic rings. The van der Waals surface area contributed by atoms with Gasteiger partial charge in [0.1, 0.15) is 42.3 Å². The molecule has 24 heteroatoms. The number of benzene rings is 1. The Morgan fingerprint density at radius 1 is 0.747 bits per heavy atom. The van der Waals surface area contributed by atoms with Crippen molar-refractivity contribution < 1.29 is 53.1 Å². The van der Waals surface area contributed by atoms with Crippen LogP contribution in [0.5, 0.6) is 0 Å². The van der Waals surface area contributed by atoms with Crippen molar-refractivity contribution in [1.82, 2.24) is 52.3 Å². The number of aliphatic imine (C=N–C) groups is 1. The summed E-state index contributed by atoms with van der Waals surface area (Å²) in [7, 11) is 1.42. The molecule has 0 bridgehead atoms. The maximum atomic E-state index is 14.2. The maximum Gasteiger partial charge on any atom is 0.245 e. The molecule has 1 heterocycles. The van der Waals surface area contributed by atoms with E-state index in [1.165, 1.54) is 25.8 Å². The van der Waals surface area contributed by atoms with E-state index in [0.717, 1.165) is 10.5 Å². The van der Waals surface area contributed by atoms with Crippen molar-refractivity contribution >= 4 is 65.0 Å². The fourth-order valence-corrected chi connectivity index (χ4v) is 8.20. The van der Waals surface area contributed by atoms with E-state index in [0.29, 0.717) is 50.8 Å². The van der Waals surface area contributed by atoms with Crippen molar-refractivity contribution in [3.63, 3.8) is 0 Å². The minimum atomic E-state index is -1.64. The number of nitrogens with zero attached hydrogens (tertiary/aromatic N) is 3. The summed E-state index contributed by atoms with van der Waals surface area (Å²) in [6, 6.07) is -1.27. The number of aliphatic hydroxyl groups excluding tert-OH is 1. The fourth-order valence-electron chi connectivity index (χ4n) is 8.20. The Hall–Kier alpha value is -6.85. The van der Waals surface area contributed by atoms with Crippen LogP contribution in [0.2, 0.25) is 0 Å². The number of nitrogens with one attached hydrogen (secondary N) is 8. The Labute approximate surface area is 441 Å². The van der Waals surface area contributed by atoms with Crippen molar-refractivity contribution in [3.05, 3.63) is 35.4 Å². The first-order chi connectivity index (χ1) is 35.3. The van der Waals surface area contributed by atoms with Crippen LogP contribution >= 0.6 is 0 Å². The number of guanidine groups is 1. The molecule has 0 aromatic heterocycles. The second-order valence-electron chi connectivity index (χ2n) is 19.7. The van der Waals surface area contributed by atoms with Crippen LogP contribution < -0.4 is 54.0 Å². The van der Waals surface area contributed by atoms with Gasteiger partial charge < -0.3 is 68.9 Å². The minimum absolute atomic E-state index is 0.00827. The summed E-state index contributed by atoms with van der Waals surface area (Å²) in [5.41, 5.74) is 12.6. The number of hydrogen-bond acceptors (Lipinski definition) is 12. The molecule has 1 fully saturated rings. The van der Waals surface area contributed by atoms with Crippen molar-refractivity contribution in [2.45, 2.75) is 168 Å². The summed E-state index contributed by atoms with van der Waals surface area (Å²) >= 11 is 0. The summed E-state index contributed by atoms with van der Waals surface area (Å²) in [5.74, 6) is -7.25. The highest BCUT2D eigenvalue weighted by Crippen LogP contribution is 2.21. The number of carbonyl (C=O) groups excluding carboxylic acids is 10. The third kappa shape index (κ3) is 22.3. The van der Waals surface area contributed by atoms with E-state index >= 15 is 0 Å². The number of rotatable bonds is 31. The predicted molar refractivity (Wildman–Crippen MR) is 282 cm³/mol. The molecule has 1 aromatic carbocycles. The molecule has 0 spiro atoms. The van der Waals surface area contributed by atoms with Gasteiger partial charge in [0.2, 0.25) is 59.1 Å². The van der Waals surface area contributed by atoms with E-state index in [-0.39, 0.29) is 62.5 Å². The molecule has 24 nitrogen and oxygen atoms in total. The van der Waals surface area contributed by atoms with Crippen LogP contribution in [0.3, 0.4) is 0 Å². The first kappa shape index (κ1) is 64.3. The zero-order valence-corrected chi connectivity index (χ0v) is 45.5. The molecule has 9 atom stereocenters. The number of likely N-dealkylation sites (tertiary alicyclic amines) is 1. The molecule has 1 saturated heterocycles. The zero-order valence-electron chi connectivity index (χ0n) is 45.5. The first-order valence-corrected chi connectivity index (χ1v) is 26.0. The monoisotopic (exact) mass is 1060 g/mol. The van der Waals surface area contributed by atoms with Crippen molar-refractivity contribution in [2.24, 2.45) is 28.3 Å². The van der Waals surface area contributed by atoms with Gasteiger partial charge in [-0.15, -0.1) is 0 Å². The highest BCUT2D eigenvalue weighted by Gasteiger charge is 2.40. The summed E-state index contributed by atoms with van der Waals surface area (Å²) < 4.78 is 0. The lowest BCUT2D eigenvalue weighted by Gasteiger charge is -2.31. The van der Waals surface area contributed by atoms with E-state index in [2.05, 4.69) is 47.5 Å². The van der Waals surface area contributed by atoms with E-state index in [9.17, 15) is 53.1 Å². The third-order valence-electron chi connectivity index (χ3n) is 12.7. The number of nitrogens with two attached hydrogens (primary N) is 2. The number of carbonyl (C=O) groups is 10. The molecule has 0 unspecified atom stereocenters. The third-order valence-corrected chi connectivity index (χ3v) is 12.7. The molecular formula is C51H85N13O11. The number of aliphatic hydroxyl groups is 1. The number of hydrogen-bond donors (Lipinski definition) is 11. The van der Waals surface area contributed by atoms with Crippen LogP contribution in [0.15, 0.2) is 29.3 Å². The molecule has 0 saturated carbocycles. The van der Waals surface area contributed by atoms with E-state index in [4.69, 9.17) is 11.5 Å². The average Bonchev–Trinajstić information content (AvgIpc) is 3.85. The molecular weight excluding hydrogens is 971 g/mol. The molecule has 1 aliphatic rings. The van der Waals surface area contributed by atoms with Gasteiger partial charge in [0.05, 0.1) is 19.2 Å². The quantitative estimate of drug-likeness (QED) is 0.0229. The summed E-state index contributed by atoms with van der Waals surface area (Å²) in [4.78, 5) is 141. The Morgan fingerprint density at radius 2 is 1.33 bits per heavy atom. The Morgan fingerprint density at radius 3 is 1.91 bits per heavy atom. The lowest BCUT2D eigenvalue weighted by Crippen LogP contribution is -2.62. The Bertz CT molecular complexity index is 2130. The Kier molecular flexibility index (Phi) is 27.8. The molecule has 13 N–H and O–H groups in total. The largest absolute Gasteiger partial charge is 0.391 e. The standard InChI is InChI=1S/C51H85N13O11/c1-11-16-35(44(69)61-42(31(7)12-2)48(73)59-36(17-14-23-55-51(52)53)50(75)64-24-15-18-39(64)47(72)54-13-3)58-49(74)43(32(8)65)62-46(71)37(25-29(4)5)60-45(70)38(26-34-21-19-30(6)20-22-34)57-40(67)27-56-41(68)28-63(10)33(9)66/h19-22,29,31-32,35-39,42-43,65H,11-18,23-28H2,1-10H3,(H,54,72)(H,56,68)(H,57,67)(H,58,74)(H,59,73)(H,60,70)(H,61,69)(H,62,71)(H4,52,53,55)/t31-,32+,35-,36-,37+,38-,39-,42-,43-/m0/s1. The van der Waals surface area contributed by atoms with Gasteiger partial charge in [0.25, 0.3) is 0 Å². The van der Waals surface area contributed by atoms with Crippen LogP contribution in [0.25, 0.3) is 0 Å². The number of amides is 10. The normalized spacial score (nSPS) is 16.3. The SMILES string of the molecule is CCC[C@H](NC(=O)[C@@H](NC(=O)[C@@H](CC(C)C)NC(=O)[C@H](Cc1ccc(C)cc1)NC(=O)CNC(=O)CN(C)C(C)=O)[C@@H](C)O)C(=O)N[C@H](C(=O)N[C@@H](CCCN=C(N)N)C(=O)N1CCC[C@H]1C(=O)NCC)[C@@H](C)CC.